The molecule has 0 aromatic heterocycles. The number of phenols is 1. The molecule has 1 atom stereocenters. The number of aryl methyl sites for hydroxylation is 1. The van der Waals surface area contributed by atoms with E-state index in [0.717, 1.165) is 19.3 Å². The van der Waals surface area contributed by atoms with Crippen LogP contribution in [0.4, 0.5) is 0 Å². The molecule has 1 aromatic carbocycles. The van der Waals surface area contributed by atoms with E-state index >= 15 is 0 Å². The maximum Gasteiger partial charge on any atom is 0.306 e. The summed E-state index contributed by atoms with van der Waals surface area (Å²) in [5, 5.41) is 9.45. The maximum absolute atomic E-state index is 11.4. The Kier molecular flexibility index (Phi) is 3.67. The maximum atomic E-state index is 11.4. The van der Waals surface area contributed by atoms with Crippen LogP contribution in [0.3, 0.4) is 0 Å². The van der Waals surface area contributed by atoms with Crippen LogP contribution in [0.2, 0.25) is 0 Å². The number of carbonyl (C=O) groups excluding carboxylic acids is 1. The molecular formula is C14H18O3. The molecular weight excluding hydrogens is 216 g/mol. The van der Waals surface area contributed by atoms with Crippen LogP contribution in [0.1, 0.15) is 30.9 Å². The van der Waals surface area contributed by atoms with E-state index in [0.29, 0.717) is 24.7 Å². The number of ether oxygens (including phenoxy) is 1. The van der Waals surface area contributed by atoms with E-state index in [-0.39, 0.29) is 5.97 Å². The molecule has 17 heavy (non-hydrogen) atoms. The van der Waals surface area contributed by atoms with Crippen molar-refractivity contribution in [2.24, 2.45) is 5.92 Å². The molecule has 0 unspecified atom stereocenters. The lowest BCUT2D eigenvalue weighted by Gasteiger charge is -2.23. The monoisotopic (exact) mass is 234 g/mol. The van der Waals surface area contributed by atoms with Crippen LogP contribution in [0.5, 0.6) is 5.75 Å². The second-order valence-electron chi connectivity index (χ2n) is 4.57. The second kappa shape index (κ2) is 5.21. The van der Waals surface area contributed by atoms with Gasteiger partial charge in [0, 0.05) is 6.42 Å². The number of phenolic OH excluding ortho intramolecular Hbond substituents is 1. The van der Waals surface area contributed by atoms with Gasteiger partial charge in [0.2, 0.25) is 0 Å². The quantitative estimate of drug-likeness (QED) is 0.817. The van der Waals surface area contributed by atoms with E-state index in [4.69, 9.17) is 4.74 Å². The highest BCUT2D eigenvalue weighted by Crippen LogP contribution is 2.29. The van der Waals surface area contributed by atoms with Crippen molar-refractivity contribution in [2.75, 3.05) is 6.61 Å². The highest BCUT2D eigenvalue weighted by Gasteiger charge is 2.21. The Bertz CT molecular complexity index is 412. The van der Waals surface area contributed by atoms with Gasteiger partial charge in [-0.2, -0.15) is 0 Å². The average Bonchev–Trinajstić information content (AvgIpc) is 2.28. The minimum atomic E-state index is -0.110. The largest absolute Gasteiger partial charge is 0.508 e. The van der Waals surface area contributed by atoms with E-state index in [1.54, 1.807) is 6.07 Å². The van der Waals surface area contributed by atoms with Crippen LogP contribution in [0, 0.1) is 5.92 Å². The number of rotatable bonds is 3. The van der Waals surface area contributed by atoms with Gasteiger partial charge < -0.3 is 9.84 Å². The van der Waals surface area contributed by atoms with Crippen LogP contribution in [0.25, 0.3) is 0 Å². The number of benzene rings is 1. The first-order valence-electron chi connectivity index (χ1n) is 6.15. The Labute approximate surface area is 101 Å². The second-order valence-corrected chi connectivity index (χ2v) is 4.57. The third kappa shape index (κ3) is 2.99. The molecule has 0 radical (unpaired) electrons. The molecule has 2 rings (SSSR count). The normalized spacial score (nSPS) is 18.5. The first-order valence-corrected chi connectivity index (χ1v) is 6.15. The van der Waals surface area contributed by atoms with Crippen molar-refractivity contribution in [3.63, 3.8) is 0 Å². The van der Waals surface area contributed by atoms with Crippen LogP contribution >= 0.6 is 0 Å². The Morgan fingerprint density at radius 2 is 2.29 bits per heavy atom. The fraction of sp³-hybridized carbons (Fsp3) is 0.500. The summed E-state index contributed by atoms with van der Waals surface area (Å²) < 4.78 is 4.97. The molecule has 0 saturated carbocycles. The van der Waals surface area contributed by atoms with Gasteiger partial charge in [0.1, 0.15) is 5.75 Å². The standard InChI is InChI=1S/C14H18O3/c1-2-17-14(16)8-10-3-4-11-5-6-13(15)9-12(11)7-10/h5-6,9-10,15H,2-4,7-8H2,1H3/t10-/m0/s1. The van der Waals surface area contributed by atoms with Gasteiger partial charge in [0.05, 0.1) is 6.61 Å². The number of hydrogen-bond donors (Lipinski definition) is 1. The average molecular weight is 234 g/mol. The van der Waals surface area contributed by atoms with Crippen LogP contribution in [0.15, 0.2) is 18.2 Å². The Morgan fingerprint density at radius 3 is 3.06 bits per heavy atom. The summed E-state index contributed by atoms with van der Waals surface area (Å²) in [6, 6.07) is 5.52. The highest BCUT2D eigenvalue weighted by atomic mass is 16.5. The number of hydrogen-bond acceptors (Lipinski definition) is 3. The van der Waals surface area contributed by atoms with E-state index in [1.165, 1.54) is 11.1 Å². The molecule has 1 aliphatic rings. The summed E-state index contributed by atoms with van der Waals surface area (Å²) >= 11 is 0. The zero-order valence-corrected chi connectivity index (χ0v) is 10.1. The predicted octanol–water partition coefficient (Wildman–Crippen LogP) is 2.45. The van der Waals surface area contributed by atoms with Crippen molar-refractivity contribution in [1.82, 2.24) is 0 Å². The van der Waals surface area contributed by atoms with Crippen LogP contribution < -0.4 is 0 Å². The number of carbonyl (C=O) groups is 1. The molecule has 92 valence electrons. The minimum absolute atomic E-state index is 0.110. The Balaban J connectivity index is 2.00. The first kappa shape index (κ1) is 12.0. The fourth-order valence-corrected chi connectivity index (χ4v) is 2.45. The van der Waals surface area contributed by atoms with Gasteiger partial charge in [-0.3, -0.25) is 4.79 Å². The summed E-state index contributed by atoms with van der Waals surface area (Å²) in [5.74, 6) is 0.546. The Hall–Kier alpha value is -1.51. The van der Waals surface area contributed by atoms with Gasteiger partial charge in [-0.25, -0.2) is 0 Å². The lowest BCUT2D eigenvalue weighted by molar-refractivity contribution is -0.144. The number of fused-ring (bicyclic) bond motifs is 1. The van der Waals surface area contributed by atoms with E-state index < -0.39 is 0 Å². The first-order chi connectivity index (χ1) is 8.19. The van der Waals surface area contributed by atoms with Crippen molar-refractivity contribution in [3.8, 4) is 5.75 Å². The molecule has 0 fully saturated rings. The van der Waals surface area contributed by atoms with Crippen molar-refractivity contribution in [2.45, 2.75) is 32.6 Å². The molecule has 3 heteroatoms. The van der Waals surface area contributed by atoms with Gasteiger partial charge in [0.15, 0.2) is 0 Å². The molecule has 0 aliphatic heterocycles. The van der Waals surface area contributed by atoms with E-state index in [1.807, 2.05) is 19.1 Å². The molecule has 0 saturated heterocycles. The molecule has 0 spiro atoms. The summed E-state index contributed by atoms with van der Waals surface area (Å²) in [4.78, 5) is 11.4. The zero-order chi connectivity index (χ0) is 12.3. The van der Waals surface area contributed by atoms with Crippen LogP contribution in [-0.2, 0) is 22.4 Å². The van der Waals surface area contributed by atoms with Gasteiger partial charge in [-0.1, -0.05) is 6.07 Å². The van der Waals surface area contributed by atoms with Gasteiger partial charge in [-0.05, 0) is 55.4 Å². The third-order valence-corrected chi connectivity index (χ3v) is 3.28. The van der Waals surface area contributed by atoms with Crippen LogP contribution in [-0.4, -0.2) is 17.7 Å². The fourth-order valence-electron chi connectivity index (χ4n) is 2.45. The van der Waals surface area contributed by atoms with Gasteiger partial charge >= 0.3 is 5.97 Å². The molecule has 0 bridgehead atoms. The third-order valence-electron chi connectivity index (χ3n) is 3.28. The van der Waals surface area contributed by atoms with Gasteiger partial charge in [-0.15, -0.1) is 0 Å². The molecule has 3 nitrogen and oxygen atoms in total. The molecule has 1 aliphatic carbocycles. The summed E-state index contributed by atoms with van der Waals surface area (Å²) in [7, 11) is 0. The molecule has 1 N–H and O–H groups in total. The Morgan fingerprint density at radius 1 is 1.47 bits per heavy atom. The molecule has 1 aromatic rings. The lowest BCUT2D eigenvalue weighted by atomic mass is 9.82. The van der Waals surface area contributed by atoms with Crippen molar-refractivity contribution < 1.29 is 14.6 Å². The van der Waals surface area contributed by atoms with E-state index in [9.17, 15) is 9.90 Å². The summed E-state index contributed by atoms with van der Waals surface area (Å²) in [6.45, 7) is 2.27. The van der Waals surface area contributed by atoms with Gasteiger partial charge in [0.25, 0.3) is 0 Å². The van der Waals surface area contributed by atoms with Crippen molar-refractivity contribution in [1.29, 1.82) is 0 Å². The summed E-state index contributed by atoms with van der Waals surface area (Å²) in [6.07, 6.45) is 3.36. The zero-order valence-electron chi connectivity index (χ0n) is 10.1. The predicted molar refractivity (Wildman–Crippen MR) is 64.9 cm³/mol. The van der Waals surface area contributed by atoms with Crippen molar-refractivity contribution >= 4 is 5.97 Å². The molecule has 0 heterocycles. The van der Waals surface area contributed by atoms with E-state index in [2.05, 4.69) is 0 Å². The number of esters is 1. The minimum Gasteiger partial charge on any atom is -0.508 e. The lowest BCUT2D eigenvalue weighted by Crippen LogP contribution is -2.18. The molecule has 0 amide bonds. The SMILES string of the molecule is CCOC(=O)C[C@H]1CCc2ccc(O)cc2C1. The van der Waals surface area contributed by atoms with Crippen molar-refractivity contribution in [3.05, 3.63) is 29.3 Å². The summed E-state index contributed by atoms with van der Waals surface area (Å²) in [5.41, 5.74) is 2.47. The topological polar surface area (TPSA) is 46.5 Å². The highest BCUT2D eigenvalue weighted by molar-refractivity contribution is 5.69. The number of aromatic hydroxyl groups is 1. The smallest absolute Gasteiger partial charge is 0.306 e.